The summed E-state index contributed by atoms with van der Waals surface area (Å²) >= 11 is 0. The molecule has 32 heavy (non-hydrogen) atoms. The average molecular weight is 457 g/mol. The Labute approximate surface area is 186 Å². The van der Waals surface area contributed by atoms with Gasteiger partial charge in [-0.15, -0.1) is 5.10 Å². The van der Waals surface area contributed by atoms with Gasteiger partial charge in [0.15, 0.2) is 0 Å². The normalized spacial score (nSPS) is 17.1. The van der Waals surface area contributed by atoms with E-state index >= 15 is 0 Å². The molecule has 1 atom stereocenters. The van der Waals surface area contributed by atoms with Gasteiger partial charge in [-0.25, -0.2) is 13.1 Å². The number of ether oxygens (including phenoxy) is 1. The van der Waals surface area contributed by atoms with Crippen LogP contribution in [0.25, 0.3) is 5.69 Å². The van der Waals surface area contributed by atoms with E-state index in [0.717, 1.165) is 11.3 Å². The average Bonchev–Trinajstić information content (AvgIpc) is 3.38. The third-order valence-electron chi connectivity index (χ3n) is 5.47. The number of hydrogen-bond acceptors (Lipinski definition) is 7. The molecule has 0 radical (unpaired) electrons. The number of carbonyl (C=O) groups excluding carboxylic acids is 1. The molecule has 2 aromatic carbocycles. The number of carbonyl (C=O) groups is 1. The minimum Gasteiger partial charge on any atom is -0.497 e. The van der Waals surface area contributed by atoms with Crippen molar-refractivity contribution in [3.8, 4) is 11.4 Å². The van der Waals surface area contributed by atoms with E-state index in [9.17, 15) is 13.2 Å². The topological polar surface area (TPSA) is 119 Å². The fraction of sp³-hybridized carbons (Fsp3) is 0.333. The number of hydrogen-bond donors (Lipinski definition) is 1. The number of nitrogens with zero attached hydrogens (tertiary/aromatic N) is 5. The molecule has 0 aliphatic carbocycles. The van der Waals surface area contributed by atoms with Crippen molar-refractivity contribution in [2.75, 3.05) is 20.2 Å². The van der Waals surface area contributed by atoms with Crippen LogP contribution >= 0.6 is 0 Å². The van der Waals surface area contributed by atoms with Crippen molar-refractivity contribution in [3.05, 3.63) is 60.4 Å². The first-order chi connectivity index (χ1) is 15.5. The lowest BCUT2D eigenvalue weighted by Crippen LogP contribution is -2.45. The lowest BCUT2D eigenvalue weighted by atomic mass is 9.99. The smallest absolute Gasteiger partial charge is 0.243 e. The summed E-state index contributed by atoms with van der Waals surface area (Å²) in [6.07, 6.45) is 2.71. The van der Waals surface area contributed by atoms with Crippen molar-refractivity contribution in [2.24, 2.45) is 5.92 Å². The molecule has 0 spiro atoms. The van der Waals surface area contributed by atoms with Gasteiger partial charge in [-0.3, -0.25) is 4.79 Å². The Hall–Kier alpha value is -3.31. The minimum atomic E-state index is -3.71. The Morgan fingerprint density at radius 1 is 1.16 bits per heavy atom. The van der Waals surface area contributed by atoms with Gasteiger partial charge in [0.25, 0.3) is 0 Å². The molecule has 0 bridgehead atoms. The second kappa shape index (κ2) is 9.45. The zero-order valence-electron chi connectivity index (χ0n) is 17.6. The molecule has 0 saturated carbocycles. The van der Waals surface area contributed by atoms with Crippen molar-refractivity contribution in [1.29, 1.82) is 0 Å². The van der Waals surface area contributed by atoms with Crippen LogP contribution in [0.15, 0.2) is 59.8 Å². The van der Waals surface area contributed by atoms with Crippen LogP contribution in [-0.2, 0) is 21.4 Å². The SMILES string of the molecule is COc1ccc(CNC(=O)[C@@H]2CCCN(S(=O)(=O)c3ccc(-n4cnnn4)cc3)C2)cc1. The number of benzene rings is 2. The van der Waals surface area contributed by atoms with E-state index in [1.165, 1.54) is 27.4 Å². The van der Waals surface area contributed by atoms with Crippen molar-refractivity contribution in [3.63, 3.8) is 0 Å². The molecule has 1 N–H and O–H groups in total. The molecule has 11 heteroatoms. The largest absolute Gasteiger partial charge is 0.497 e. The molecule has 0 unspecified atom stereocenters. The highest BCUT2D eigenvalue weighted by molar-refractivity contribution is 7.89. The third-order valence-corrected chi connectivity index (χ3v) is 7.35. The van der Waals surface area contributed by atoms with Crippen LogP contribution < -0.4 is 10.1 Å². The second-order valence-corrected chi connectivity index (χ2v) is 9.45. The maximum Gasteiger partial charge on any atom is 0.243 e. The van der Waals surface area contributed by atoms with E-state index in [2.05, 4.69) is 20.8 Å². The van der Waals surface area contributed by atoms with Crippen LogP contribution in [0, 0.1) is 5.92 Å². The maximum atomic E-state index is 13.1. The summed E-state index contributed by atoms with van der Waals surface area (Å²) in [7, 11) is -2.11. The minimum absolute atomic E-state index is 0.144. The van der Waals surface area contributed by atoms with E-state index in [-0.39, 0.29) is 17.3 Å². The molecular weight excluding hydrogens is 432 g/mol. The molecule has 1 saturated heterocycles. The van der Waals surface area contributed by atoms with E-state index in [4.69, 9.17) is 4.74 Å². The summed E-state index contributed by atoms with van der Waals surface area (Å²) in [6, 6.07) is 13.8. The van der Waals surface area contributed by atoms with Gasteiger partial charge in [0.05, 0.1) is 23.6 Å². The first-order valence-corrected chi connectivity index (χ1v) is 11.7. The number of rotatable bonds is 7. The maximum absolute atomic E-state index is 13.1. The lowest BCUT2D eigenvalue weighted by molar-refractivity contribution is -0.126. The Morgan fingerprint density at radius 3 is 2.56 bits per heavy atom. The van der Waals surface area contributed by atoms with Gasteiger partial charge in [0.2, 0.25) is 15.9 Å². The fourth-order valence-electron chi connectivity index (χ4n) is 3.65. The van der Waals surface area contributed by atoms with Gasteiger partial charge in [-0.05, 0) is 65.2 Å². The van der Waals surface area contributed by atoms with Gasteiger partial charge in [0, 0.05) is 19.6 Å². The van der Waals surface area contributed by atoms with Crippen LogP contribution in [0.5, 0.6) is 5.75 Å². The fourth-order valence-corrected chi connectivity index (χ4v) is 5.17. The highest BCUT2D eigenvalue weighted by atomic mass is 32.2. The third kappa shape index (κ3) is 4.78. The number of piperidine rings is 1. The van der Waals surface area contributed by atoms with Gasteiger partial charge >= 0.3 is 0 Å². The molecule has 4 rings (SSSR count). The number of methoxy groups -OCH3 is 1. The van der Waals surface area contributed by atoms with Crippen LogP contribution in [0.4, 0.5) is 0 Å². The highest BCUT2D eigenvalue weighted by Crippen LogP contribution is 2.25. The summed E-state index contributed by atoms with van der Waals surface area (Å²) < 4.78 is 34.2. The summed E-state index contributed by atoms with van der Waals surface area (Å²) in [4.78, 5) is 12.9. The molecule has 1 fully saturated rings. The van der Waals surface area contributed by atoms with Gasteiger partial charge in [-0.2, -0.15) is 4.31 Å². The number of sulfonamides is 1. The van der Waals surface area contributed by atoms with Gasteiger partial charge in [-0.1, -0.05) is 12.1 Å². The van der Waals surface area contributed by atoms with Crippen LogP contribution in [0.3, 0.4) is 0 Å². The predicted molar refractivity (Wildman–Crippen MR) is 115 cm³/mol. The van der Waals surface area contributed by atoms with Crippen LogP contribution in [0.2, 0.25) is 0 Å². The van der Waals surface area contributed by atoms with E-state index in [1.54, 1.807) is 19.2 Å². The first kappa shape index (κ1) is 21.9. The number of tetrazole rings is 1. The predicted octanol–water partition coefficient (Wildman–Crippen LogP) is 1.39. The highest BCUT2D eigenvalue weighted by Gasteiger charge is 2.33. The first-order valence-electron chi connectivity index (χ1n) is 10.2. The zero-order chi connectivity index (χ0) is 22.6. The monoisotopic (exact) mass is 456 g/mol. The Morgan fingerprint density at radius 2 is 1.91 bits per heavy atom. The van der Waals surface area contributed by atoms with Crippen LogP contribution in [0.1, 0.15) is 18.4 Å². The van der Waals surface area contributed by atoms with Crippen molar-refractivity contribution >= 4 is 15.9 Å². The molecule has 1 aliphatic rings. The van der Waals surface area contributed by atoms with Gasteiger partial charge in [0.1, 0.15) is 12.1 Å². The Kier molecular flexibility index (Phi) is 6.47. The zero-order valence-corrected chi connectivity index (χ0v) is 18.4. The summed E-state index contributed by atoms with van der Waals surface area (Å²) in [5.41, 5.74) is 1.60. The second-order valence-electron chi connectivity index (χ2n) is 7.52. The molecule has 1 amide bonds. The Bertz CT molecular complexity index is 1150. The summed E-state index contributed by atoms with van der Waals surface area (Å²) in [5, 5.41) is 13.9. The summed E-state index contributed by atoms with van der Waals surface area (Å²) in [5.74, 6) is 0.214. The standard InChI is InChI=1S/C21H24N6O4S/c1-31-19-8-4-16(5-9-19)13-22-21(28)17-3-2-12-26(14-17)32(29,30)20-10-6-18(7-11-20)27-15-23-24-25-27/h4-11,15,17H,2-3,12-14H2,1H3,(H,22,28)/t17-/m1/s1. The molecule has 1 aliphatic heterocycles. The van der Waals surface area contributed by atoms with Crippen molar-refractivity contribution < 1.29 is 17.9 Å². The van der Waals surface area contributed by atoms with Crippen molar-refractivity contribution in [1.82, 2.24) is 29.8 Å². The number of amides is 1. The summed E-state index contributed by atoms with van der Waals surface area (Å²) in [6.45, 7) is 0.926. The van der Waals surface area contributed by atoms with Crippen LogP contribution in [-0.4, -0.2) is 59.0 Å². The lowest BCUT2D eigenvalue weighted by Gasteiger charge is -2.31. The molecule has 3 aromatic rings. The van der Waals surface area contributed by atoms with Crippen molar-refractivity contribution in [2.45, 2.75) is 24.3 Å². The molecule has 2 heterocycles. The Balaban J connectivity index is 1.39. The van der Waals surface area contributed by atoms with E-state index in [1.807, 2.05) is 24.3 Å². The molecule has 168 valence electrons. The molecule has 10 nitrogen and oxygen atoms in total. The molecular formula is C21H24N6O4S. The van der Waals surface area contributed by atoms with E-state index in [0.29, 0.717) is 31.6 Å². The number of nitrogens with one attached hydrogen (secondary N) is 1. The van der Waals surface area contributed by atoms with E-state index < -0.39 is 15.9 Å². The van der Waals surface area contributed by atoms with Gasteiger partial charge < -0.3 is 10.1 Å². The quantitative estimate of drug-likeness (QED) is 0.570. The molecule has 1 aromatic heterocycles. The number of aromatic nitrogens is 4.